The number of imidazole rings is 1. The topological polar surface area (TPSA) is 68.3 Å². The first-order valence-electron chi connectivity index (χ1n) is 9.08. The van der Waals surface area contributed by atoms with Crippen LogP contribution < -0.4 is 4.90 Å². The van der Waals surface area contributed by atoms with Crippen molar-refractivity contribution >= 4 is 28.6 Å². The zero-order valence-electron chi connectivity index (χ0n) is 15.3. The van der Waals surface area contributed by atoms with E-state index in [-0.39, 0.29) is 11.7 Å². The minimum Gasteiger partial charge on any atom is -0.448 e. The molecule has 1 aliphatic heterocycles. The number of anilines is 1. The molecule has 1 amide bonds. The average Bonchev–Trinajstić information content (AvgIpc) is 3.39. The summed E-state index contributed by atoms with van der Waals surface area (Å²) in [4.78, 5) is 31.1. The predicted molar refractivity (Wildman–Crippen MR) is 106 cm³/mol. The highest BCUT2D eigenvalue weighted by molar-refractivity contribution is 6.08. The van der Waals surface area contributed by atoms with Crippen LogP contribution in [0.5, 0.6) is 0 Å². The van der Waals surface area contributed by atoms with Gasteiger partial charge in [-0.15, -0.1) is 0 Å². The van der Waals surface area contributed by atoms with Crippen molar-refractivity contribution in [3.63, 3.8) is 0 Å². The SMILES string of the molecule is CN(C(=O)c1ccc(-c2nc3cccc4c3n2CCC4=O)cc1)c1ccco1. The fourth-order valence-electron chi connectivity index (χ4n) is 3.71. The highest BCUT2D eigenvalue weighted by Crippen LogP contribution is 2.31. The third-order valence-electron chi connectivity index (χ3n) is 5.16. The molecule has 4 aromatic rings. The van der Waals surface area contributed by atoms with Gasteiger partial charge in [0.05, 0.1) is 17.3 Å². The molecule has 2 aromatic carbocycles. The quantitative estimate of drug-likeness (QED) is 0.542. The van der Waals surface area contributed by atoms with Crippen LogP contribution in [0, 0.1) is 0 Å². The van der Waals surface area contributed by atoms with Gasteiger partial charge in [0, 0.05) is 42.8 Å². The van der Waals surface area contributed by atoms with Crippen LogP contribution >= 0.6 is 0 Å². The lowest BCUT2D eigenvalue weighted by molar-refractivity contribution is 0.0970. The fourth-order valence-corrected chi connectivity index (χ4v) is 3.71. The molecule has 0 unspecified atom stereocenters. The number of aromatic nitrogens is 2. The summed E-state index contributed by atoms with van der Waals surface area (Å²) in [5, 5.41) is 0. The first-order chi connectivity index (χ1) is 13.6. The first kappa shape index (κ1) is 16.5. The Morgan fingerprint density at radius 2 is 1.93 bits per heavy atom. The summed E-state index contributed by atoms with van der Waals surface area (Å²) in [5.74, 6) is 1.32. The maximum Gasteiger partial charge on any atom is 0.260 e. The molecule has 0 saturated heterocycles. The Hall–Kier alpha value is -3.67. The number of amides is 1. The molecule has 2 aromatic heterocycles. The van der Waals surface area contributed by atoms with Gasteiger partial charge in [-0.1, -0.05) is 18.2 Å². The van der Waals surface area contributed by atoms with Crippen LogP contribution in [-0.2, 0) is 6.54 Å². The van der Waals surface area contributed by atoms with Gasteiger partial charge in [0.15, 0.2) is 5.78 Å². The van der Waals surface area contributed by atoms with E-state index in [2.05, 4.69) is 4.57 Å². The van der Waals surface area contributed by atoms with Crippen molar-refractivity contribution in [3.05, 3.63) is 72.0 Å². The standard InChI is InChI=1S/C22H17N3O3/c1-24(19-6-3-13-28-19)22(27)15-9-7-14(8-10-15)21-23-17-5-2-4-16-18(26)11-12-25(21)20(16)17/h2-10,13H,11-12H2,1H3. The molecule has 0 saturated carbocycles. The van der Waals surface area contributed by atoms with Crippen molar-refractivity contribution in [2.24, 2.45) is 0 Å². The van der Waals surface area contributed by atoms with E-state index in [4.69, 9.17) is 9.40 Å². The Kier molecular flexibility index (Phi) is 3.65. The molecule has 6 heteroatoms. The second-order valence-corrected chi connectivity index (χ2v) is 6.83. The smallest absolute Gasteiger partial charge is 0.260 e. The Balaban J connectivity index is 1.52. The molecule has 28 heavy (non-hydrogen) atoms. The second kappa shape index (κ2) is 6.20. The number of hydrogen-bond donors (Lipinski definition) is 0. The Morgan fingerprint density at radius 3 is 2.68 bits per heavy atom. The van der Waals surface area contributed by atoms with Crippen molar-refractivity contribution in [1.82, 2.24) is 9.55 Å². The third-order valence-corrected chi connectivity index (χ3v) is 5.16. The average molecular weight is 371 g/mol. The number of ketones is 1. The van der Waals surface area contributed by atoms with E-state index in [1.165, 1.54) is 11.2 Å². The number of nitrogens with zero attached hydrogens (tertiary/aromatic N) is 3. The molecule has 0 bridgehead atoms. The molecule has 0 spiro atoms. The molecule has 1 aliphatic rings. The number of benzene rings is 2. The molecule has 0 N–H and O–H groups in total. The number of aryl methyl sites for hydroxylation is 1. The van der Waals surface area contributed by atoms with Crippen molar-refractivity contribution in [2.45, 2.75) is 13.0 Å². The minimum atomic E-state index is -0.149. The number of furan rings is 1. The van der Waals surface area contributed by atoms with Crippen LogP contribution in [0.15, 0.2) is 65.3 Å². The van der Waals surface area contributed by atoms with Gasteiger partial charge >= 0.3 is 0 Å². The molecule has 0 atom stereocenters. The van der Waals surface area contributed by atoms with Gasteiger partial charge in [0.25, 0.3) is 5.91 Å². The van der Waals surface area contributed by atoms with E-state index in [9.17, 15) is 9.59 Å². The van der Waals surface area contributed by atoms with E-state index in [0.29, 0.717) is 24.4 Å². The molecular weight excluding hydrogens is 354 g/mol. The molecule has 138 valence electrons. The highest BCUT2D eigenvalue weighted by Gasteiger charge is 2.23. The summed E-state index contributed by atoms with van der Waals surface area (Å²) >= 11 is 0. The number of rotatable bonds is 3. The van der Waals surface area contributed by atoms with Gasteiger partial charge in [-0.3, -0.25) is 14.5 Å². The molecule has 5 rings (SSSR count). The van der Waals surface area contributed by atoms with Gasteiger partial charge in [0.1, 0.15) is 5.82 Å². The summed E-state index contributed by atoms with van der Waals surface area (Å²) in [5.41, 5.74) is 3.92. The summed E-state index contributed by atoms with van der Waals surface area (Å²) in [6.45, 7) is 0.615. The van der Waals surface area contributed by atoms with Crippen molar-refractivity contribution in [3.8, 4) is 11.4 Å². The van der Waals surface area contributed by atoms with Gasteiger partial charge in [-0.2, -0.15) is 0 Å². The van der Waals surface area contributed by atoms with Crippen molar-refractivity contribution in [2.75, 3.05) is 11.9 Å². The normalized spacial score (nSPS) is 13.1. The molecular formula is C22H17N3O3. The largest absolute Gasteiger partial charge is 0.448 e. The van der Waals surface area contributed by atoms with E-state index >= 15 is 0 Å². The summed E-state index contributed by atoms with van der Waals surface area (Å²) < 4.78 is 7.38. The predicted octanol–water partition coefficient (Wildman–Crippen LogP) is 4.16. The lowest BCUT2D eigenvalue weighted by atomic mass is 10.0. The zero-order valence-corrected chi connectivity index (χ0v) is 15.3. The number of Topliss-reactive ketones (excluding diaryl/α,β-unsaturated/α-hetero) is 1. The Bertz CT molecular complexity index is 1200. The van der Waals surface area contributed by atoms with Crippen LogP contribution in [0.4, 0.5) is 5.88 Å². The molecule has 0 aliphatic carbocycles. The van der Waals surface area contributed by atoms with E-state index in [1.54, 1.807) is 31.3 Å². The lowest BCUT2D eigenvalue weighted by Gasteiger charge is -2.16. The molecule has 6 nitrogen and oxygen atoms in total. The van der Waals surface area contributed by atoms with E-state index < -0.39 is 0 Å². The maximum atomic E-state index is 12.7. The van der Waals surface area contributed by atoms with E-state index in [0.717, 1.165) is 28.0 Å². The lowest BCUT2D eigenvalue weighted by Crippen LogP contribution is -2.25. The Morgan fingerprint density at radius 1 is 1.11 bits per heavy atom. The monoisotopic (exact) mass is 371 g/mol. The third kappa shape index (κ3) is 2.45. The fraction of sp³-hybridized carbons (Fsp3) is 0.136. The minimum absolute atomic E-state index is 0.149. The van der Waals surface area contributed by atoms with Crippen LogP contribution in [0.3, 0.4) is 0 Å². The summed E-state index contributed by atoms with van der Waals surface area (Å²) in [7, 11) is 1.68. The van der Waals surface area contributed by atoms with Gasteiger partial charge in [-0.25, -0.2) is 4.98 Å². The van der Waals surface area contributed by atoms with Gasteiger partial charge in [-0.05, 0) is 30.3 Å². The highest BCUT2D eigenvalue weighted by atomic mass is 16.3. The number of hydrogen-bond acceptors (Lipinski definition) is 4. The number of carbonyl (C=O) groups is 2. The van der Waals surface area contributed by atoms with Crippen LogP contribution in [0.25, 0.3) is 22.4 Å². The molecule has 0 fully saturated rings. The molecule has 0 radical (unpaired) electrons. The zero-order chi connectivity index (χ0) is 19.3. The second-order valence-electron chi connectivity index (χ2n) is 6.83. The number of carbonyl (C=O) groups excluding carboxylic acids is 2. The summed E-state index contributed by atoms with van der Waals surface area (Å²) in [6.07, 6.45) is 2.01. The maximum absolute atomic E-state index is 12.7. The first-order valence-corrected chi connectivity index (χ1v) is 9.08. The number of para-hydroxylation sites is 1. The Labute approximate surface area is 161 Å². The van der Waals surface area contributed by atoms with Crippen LogP contribution in [0.1, 0.15) is 27.1 Å². The molecule has 3 heterocycles. The van der Waals surface area contributed by atoms with Gasteiger partial charge in [0.2, 0.25) is 5.88 Å². The van der Waals surface area contributed by atoms with Crippen LogP contribution in [-0.4, -0.2) is 28.3 Å². The van der Waals surface area contributed by atoms with E-state index in [1.807, 2.05) is 30.3 Å². The summed E-state index contributed by atoms with van der Waals surface area (Å²) in [6, 6.07) is 16.5. The van der Waals surface area contributed by atoms with Crippen molar-refractivity contribution in [1.29, 1.82) is 0 Å². The van der Waals surface area contributed by atoms with Crippen molar-refractivity contribution < 1.29 is 14.0 Å². The van der Waals surface area contributed by atoms with Crippen LogP contribution in [0.2, 0.25) is 0 Å². The van der Waals surface area contributed by atoms with Gasteiger partial charge < -0.3 is 8.98 Å².